The lowest BCUT2D eigenvalue weighted by Crippen LogP contribution is -2.54. The van der Waals surface area contributed by atoms with Crippen molar-refractivity contribution in [2.24, 2.45) is 0 Å². The number of carbonyl (C=O) groups is 1. The van der Waals surface area contributed by atoms with Crippen LogP contribution in [-0.4, -0.2) is 43.9 Å². The molecule has 1 aliphatic rings. The first kappa shape index (κ1) is 11.9. The van der Waals surface area contributed by atoms with E-state index in [9.17, 15) is 9.90 Å². The lowest BCUT2D eigenvalue weighted by atomic mass is 9.96. The number of carbonyl (C=O) groups excluding carboxylic acids is 1. The van der Waals surface area contributed by atoms with Crippen LogP contribution in [0.4, 0.5) is 4.79 Å². The smallest absolute Gasteiger partial charge is 0.412 e. The molecule has 1 aromatic heterocycles. The predicted molar refractivity (Wildman–Crippen MR) is 60.2 cm³/mol. The van der Waals surface area contributed by atoms with Crippen molar-refractivity contribution in [1.82, 2.24) is 14.9 Å². The number of aromatic amines is 1. The first-order chi connectivity index (χ1) is 7.84. The van der Waals surface area contributed by atoms with Crippen molar-refractivity contribution < 1.29 is 14.6 Å². The molecule has 0 aromatic carbocycles. The Balaban J connectivity index is 2.08. The van der Waals surface area contributed by atoms with E-state index in [-0.39, 0.29) is 0 Å². The van der Waals surface area contributed by atoms with Gasteiger partial charge >= 0.3 is 6.09 Å². The number of H-pyrrole nitrogens is 1. The van der Waals surface area contributed by atoms with Crippen LogP contribution in [0.25, 0.3) is 0 Å². The van der Waals surface area contributed by atoms with Crippen LogP contribution in [0.1, 0.15) is 26.5 Å². The van der Waals surface area contributed by atoms with Gasteiger partial charge in [-0.05, 0) is 20.8 Å². The fourth-order valence-corrected chi connectivity index (χ4v) is 1.84. The highest BCUT2D eigenvalue weighted by Gasteiger charge is 2.56. The molecular formula is C11H17N3O3. The summed E-state index contributed by atoms with van der Waals surface area (Å²) in [7, 11) is 0. The molecule has 1 fully saturated rings. The Labute approximate surface area is 99.6 Å². The molecule has 6 heteroatoms. The Bertz CT molecular complexity index is 412. The van der Waals surface area contributed by atoms with Crippen molar-refractivity contribution in [1.29, 1.82) is 0 Å². The predicted octanol–water partition coefficient (Wildman–Crippen LogP) is 0.891. The first-order valence-electron chi connectivity index (χ1n) is 5.55. The van der Waals surface area contributed by atoms with Crippen LogP contribution in [0.3, 0.4) is 0 Å². The number of hydrogen-bond donors (Lipinski definition) is 2. The number of nitrogens with zero attached hydrogens (tertiary/aromatic N) is 2. The molecule has 17 heavy (non-hydrogen) atoms. The van der Waals surface area contributed by atoms with E-state index in [1.807, 2.05) is 0 Å². The van der Waals surface area contributed by atoms with E-state index in [1.54, 1.807) is 33.3 Å². The van der Waals surface area contributed by atoms with Crippen molar-refractivity contribution in [3.8, 4) is 0 Å². The van der Waals surface area contributed by atoms with Crippen LogP contribution >= 0.6 is 0 Å². The molecule has 1 aromatic rings. The third kappa shape index (κ3) is 1.88. The first-order valence-corrected chi connectivity index (χ1v) is 5.55. The molecular weight excluding hydrogens is 222 g/mol. The SMILES string of the molecule is CC1(C)OC(=O)N(CCc2cnc[nH]2)[C@@]1(C)O. The third-order valence-corrected chi connectivity index (χ3v) is 3.39. The minimum absolute atomic E-state index is 0.386. The summed E-state index contributed by atoms with van der Waals surface area (Å²) < 4.78 is 5.16. The van der Waals surface area contributed by atoms with E-state index in [2.05, 4.69) is 9.97 Å². The van der Waals surface area contributed by atoms with Crippen molar-refractivity contribution in [2.75, 3.05) is 6.54 Å². The molecule has 94 valence electrons. The van der Waals surface area contributed by atoms with Gasteiger partial charge in [0.15, 0.2) is 11.3 Å². The van der Waals surface area contributed by atoms with E-state index in [0.717, 1.165) is 5.69 Å². The zero-order valence-corrected chi connectivity index (χ0v) is 10.2. The van der Waals surface area contributed by atoms with E-state index in [1.165, 1.54) is 4.90 Å². The average Bonchev–Trinajstić information content (AvgIpc) is 2.73. The van der Waals surface area contributed by atoms with Crippen LogP contribution in [-0.2, 0) is 11.2 Å². The molecule has 0 aliphatic carbocycles. The van der Waals surface area contributed by atoms with Crippen LogP contribution in [0, 0.1) is 0 Å². The summed E-state index contributed by atoms with van der Waals surface area (Å²) >= 11 is 0. The molecule has 2 N–H and O–H groups in total. The largest absolute Gasteiger partial charge is 0.438 e. The summed E-state index contributed by atoms with van der Waals surface area (Å²) in [6.07, 6.45) is 3.39. The summed E-state index contributed by atoms with van der Waals surface area (Å²) in [5, 5.41) is 10.3. The van der Waals surface area contributed by atoms with Gasteiger partial charge in [-0.25, -0.2) is 9.78 Å². The van der Waals surface area contributed by atoms with Gasteiger partial charge in [-0.1, -0.05) is 0 Å². The summed E-state index contributed by atoms with van der Waals surface area (Å²) in [6.45, 7) is 5.37. The summed E-state index contributed by atoms with van der Waals surface area (Å²) in [5.74, 6) is 0. The fourth-order valence-electron chi connectivity index (χ4n) is 1.84. The van der Waals surface area contributed by atoms with E-state index in [4.69, 9.17) is 4.74 Å². The van der Waals surface area contributed by atoms with Gasteiger partial charge in [0, 0.05) is 24.9 Å². The number of aromatic nitrogens is 2. The van der Waals surface area contributed by atoms with Gasteiger partial charge in [-0.15, -0.1) is 0 Å². The molecule has 1 aliphatic heterocycles. The highest BCUT2D eigenvalue weighted by molar-refractivity contribution is 5.72. The number of aliphatic hydroxyl groups is 1. The Morgan fingerprint density at radius 1 is 1.53 bits per heavy atom. The molecule has 6 nitrogen and oxygen atoms in total. The highest BCUT2D eigenvalue weighted by atomic mass is 16.6. The van der Waals surface area contributed by atoms with Gasteiger partial charge < -0.3 is 14.8 Å². The summed E-state index contributed by atoms with van der Waals surface area (Å²) in [4.78, 5) is 19.9. The zero-order valence-electron chi connectivity index (χ0n) is 10.2. The number of ether oxygens (including phenoxy) is 1. The zero-order chi connectivity index (χ0) is 12.7. The maximum absolute atomic E-state index is 11.7. The maximum atomic E-state index is 11.7. The number of nitrogens with one attached hydrogen (secondary N) is 1. The molecule has 0 spiro atoms. The second kappa shape index (κ2) is 3.73. The minimum Gasteiger partial charge on any atom is -0.438 e. The highest BCUT2D eigenvalue weighted by Crippen LogP contribution is 2.36. The van der Waals surface area contributed by atoms with Gasteiger partial charge in [0.2, 0.25) is 0 Å². The molecule has 1 saturated heterocycles. The summed E-state index contributed by atoms with van der Waals surface area (Å²) in [5.41, 5.74) is -1.29. The third-order valence-electron chi connectivity index (χ3n) is 3.39. The van der Waals surface area contributed by atoms with E-state index in [0.29, 0.717) is 13.0 Å². The van der Waals surface area contributed by atoms with E-state index >= 15 is 0 Å². The molecule has 1 atom stereocenters. The van der Waals surface area contributed by atoms with Gasteiger partial charge in [0.25, 0.3) is 0 Å². The molecule has 1 amide bonds. The van der Waals surface area contributed by atoms with E-state index < -0.39 is 17.4 Å². The number of rotatable bonds is 3. The second-order valence-electron chi connectivity index (χ2n) is 4.88. The molecule has 0 unspecified atom stereocenters. The fraction of sp³-hybridized carbons (Fsp3) is 0.636. The van der Waals surface area contributed by atoms with Crippen LogP contribution in [0.5, 0.6) is 0 Å². The topological polar surface area (TPSA) is 78.5 Å². The molecule has 0 bridgehead atoms. The van der Waals surface area contributed by atoms with Crippen LogP contribution in [0.2, 0.25) is 0 Å². The summed E-state index contributed by atoms with van der Waals surface area (Å²) in [6, 6.07) is 0. The van der Waals surface area contributed by atoms with Gasteiger partial charge in [-0.2, -0.15) is 0 Å². The molecule has 0 saturated carbocycles. The second-order valence-corrected chi connectivity index (χ2v) is 4.88. The van der Waals surface area contributed by atoms with Crippen molar-refractivity contribution >= 4 is 6.09 Å². The number of amides is 1. The average molecular weight is 239 g/mol. The number of hydrogen-bond acceptors (Lipinski definition) is 4. The Morgan fingerprint density at radius 2 is 2.24 bits per heavy atom. The number of cyclic esters (lactones) is 1. The quantitative estimate of drug-likeness (QED) is 0.821. The monoisotopic (exact) mass is 239 g/mol. The lowest BCUT2D eigenvalue weighted by molar-refractivity contribution is -0.126. The molecule has 2 rings (SSSR count). The number of imidazole rings is 1. The Morgan fingerprint density at radius 3 is 2.71 bits per heavy atom. The van der Waals surface area contributed by atoms with Crippen molar-refractivity contribution in [2.45, 2.75) is 38.5 Å². The van der Waals surface area contributed by atoms with Crippen LogP contribution < -0.4 is 0 Å². The lowest BCUT2D eigenvalue weighted by Gasteiger charge is -2.34. The standard InChI is InChI=1S/C11H17N3O3/c1-10(2)11(3,16)14(9(15)17-10)5-4-8-6-12-7-13-8/h6-7,16H,4-5H2,1-3H3,(H,12,13)/t11-/m0/s1. The maximum Gasteiger partial charge on any atom is 0.412 e. The van der Waals surface area contributed by atoms with Crippen molar-refractivity contribution in [3.05, 3.63) is 18.2 Å². The Kier molecular flexibility index (Phi) is 2.61. The Hall–Kier alpha value is -1.56. The van der Waals surface area contributed by atoms with Gasteiger partial charge in [-0.3, -0.25) is 4.90 Å². The van der Waals surface area contributed by atoms with Gasteiger partial charge in [0.05, 0.1) is 6.33 Å². The normalized spacial score (nSPS) is 27.3. The molecule has 0 radical (unpaired) electrons. The minimum atomic E-state index is -1.30. The molecule has 2 heterocycles. The van der Waals surface area contributed by atoms with Crippen LogP contribution in [0.15, 0.2) is 12.5 Å². The van der Waals surface area contributed by atoms with Gasteiger partial charge in [0.1, 0.15) is 0 Å². The van der Waals surface area contributed by atoms with Crippen molar-refractivity contribution in [3.63, 3.8) is 0 Å².